The molecule has 0 aliphatic rings. The fraction of sp³-hybridized carbons (Fsp3) is 0.333. The molecule has 0 amide bonds. The molecule has 0 unspecified atom stereocenters. The molecule has 14 heavy (non-hydrogen) atoms. The standard InChI is InChI=1S/C9H10ClN3O/c10-7-3-1-5-13-8(4-2-6-14)11-12-9(7)13/h1,3,5,14H,2,4,6H2. The number of aliphatic hydroxyl groups is 1. The van der Waals surface area contributed by atoms with Crippen molar-refractivity contribution in [3.05, 3.63) is 29.2 Å². The van der Waals surface area contributed by atoms with Crippen LogP contribution in [0.3, 0.4) is 0 Å². The monoisotopic (exact) mass is 211 g/mol. The summed E-state index contributed by atoms with van der Waals surface area (Å²) in [5.41, 5.74) is 0.669. The topological polar surface area (TPSA) is 50.4 Å². The second-order valence-corrected chi connectivity index (χ2v) is 3.40. The first-order valence-corrected chi connectivity index (χ1v) is 4.79. The van der Waals surface area contributed by atoms with E-state index in [0.717, 1.165) is 5.82 Å². The van der Waals surface area contributed by atoms with Crippen molar-refractivity contribution in [1.29, 1.82) is 0 Å². The largest absolute Gasteiger partial charge is 0.396 e. The van der Waals surface area contributed by atoms with Crippen molar-refractivity contribution in [3.63, 3.8) is 0 Å². The summed E-state index contributed by atoms with van der Waals surface area (Å²) in [6.45, 7) is 0.162. The number of aromatic nitrogens is 3. The van der Waals surface area contributed by atoms with Gasteiger partial charge in [0, 0.05) is 19.2 Å². The third-order valence-electron chi connectivity index (χ3n) is 2.02. The molecule has 74 valence electrons. The number of aliphatic hydroxyl groups excluding tert-OH is 1. The van der Waals surface area contributed by atoms with Gasteiger partial charge in [0.1, 0.15) is 5.82 Å². The lowest BCUT2D eigenvalue weighted by molar-refractivity contribution is 0.287. The SMILES string of the molecule is OCCCc1nnc2c(Cl)cccn12. The van der Waals surface area contributed by atoms with Gasteiger partial charge in [0.15, 0.2) is 5.65 Å². The Kier molecular flexibility index (Phi) is 2.65. The van der Waals surface area contributed by atoms with Gasteiger partial charge in [-0.1, -0.05) is 11.6 Å². The lowest BCUT2D eigenvalue weighted by Crippen LogP contribution is -1.96. The summed E-state index contributed by atoms with van der Waals surface area (Å²) < 4.78 is 1.85. The molecular weight excluding hydrogens is 202 g/mol. The van der Waals surface area contributed by atoms with Crippen LogP contribution in [0, 0.1) is 0 Å². The van der Waals surface area contributed by atoms with Crippen LogP contribution in [0.2, 0.25) is 5.02 Å². The molecule has 2 aromatic heterocycles. The predicted molar refractivity (Wildman–Crippen MR) is 53.4 cm³/mol. The Bertz CT molecular complexity index is 441. The average molecular weight is 212 g/mol. The molecule has 2 aromatic rings. The van der Waals surface area contributed by atoms with Gasteiger partial charge >= 0.3 is 0 Å². The van der Waals surface area contributed by atoms with Crippen LogP contribution < -0.4 is 0 Å². The summed E-state index contributed by atoms with van der Waals surface area (Å²) in [5.74, 6) is 0.830. The first kappa shape index (κ1) is 9.43. The number of halogens is 1. The van der Waals surface area contributed by atoms with Gasteiger partial charge in [0.2, 0.25) is 0 Å². The average Bonchev–Trinajstić information content (AvgIpc) is 2.60. The molecular formula is C9H10ClN3O. The van der Waals surface area contributed by atoms with Crippen LogP contribution >= 0.6 is 11.6 Å². The van der Waals surface area contributed by atoms with Crippen LogP contribution in [0.25, 0.3) is 5.65 Å². The minimum Gasteiger partial charge on any atom is -0.396 e. The Balaban J connectivity index is 2.42. The van der Waals surface area contributed by atoms with Crippen molar-refractivity contribution >= 4 is 17.2 Å². The lowest BCUT2D eigenvalue weighted by atomic mass is 10.3. The molecule has 0 aromatic carbocycles. The van der Waals surface area contributed by atoms with Crippen LogP contribution in [0.1, 0.15) is 12.2 Å². The zero-order valence-corrected chi connectivity index (χ0v) is 8.28. The molecule has 2 rings (SSSR count). The second-order valence-electron chi connectivity index (χ2n) is 2.99. The molecule has 0 fully saturated rings. The zero-order valence-electron chi connectivity index (χ0n) is 7.52. The Morgan fingerprint density at radius 2 is 2.29 bits per heavy atom. The van der Waals surface area contributed by atoms with Gasteiger partial charge < -0.3 is 5.11 Å². The highest BCUT2D eigenvalue weighted by atomic mass is 35.5. The first-order valence-electron chi connectivity index (χ1n) is 4.42. The van der Waals surface area contributed by atoms with Crippen LogP contribution in [-0.2, 0) is 6.42 Å². The van der Waals surface area contributed by atoms with E-state index in [-0.39, 0.29) is 6.61 Å². The fourth-order valence-corrected chi connectivity index (χ4v) is 1.54. The van der Waals surface area contributed by atoms with Crippen molar-refractivity contribution in [2.24, 2.45) is 0 Å². The van der Waals surface area contributed by atoms with Crippen LogP contribution in [0.4, 0.5) is 0 Å². The Morgan fingerprint density at radius 3 is 3.07 bits per heavy atom. The first-order chi connectivity index (χ1) is 6.83. The van der Waals surface area contributed by atoms with E-state index >= 15 is 0 Å². The zero-order chi connectivity index (χ0) is 9.97. The minimum atomic E-state index is 0.162. The van der Waals surface area contributed by atoms with Gasteiger partial charge in [-0.05, 0) is 18.6 Å². The van der Waals surface area contributed by atoms with E-state index in [2.05, 4.69) is 10.2 Å². The highest BCUT2D eigenvalue weighted by Gasteiger charge is 2.06. The number of rotatable bonds is 3. The van der Waals surface area contributed by atoms with E-state index in [1.54, 1.807) is 6.07 Å². The third-order valence-corrected chi connectivity index (χ3v) is 2.31. The van der Waals surface area contributed by atoms with Crippen molar-refractivity contribution in [2.75, 3.05) is 6.61 Å². The van der Waals surface area contributed by atoms with E-state index in [1.165, 1.54) is 0 Å². The Labute approximate surface area is 86.1 Å². The van der Waals surface area contributed by atoms with E-state index in [9.17, 15) is 0 Å². The van der Waals surface area contributed by atoms with Crippen molar-refractivity contribution in [2.45, 2.75) is 12.8 Å². The highest BCUT2D eigenvalue weighted by molar-refractivity contribution is 6.33. The molecule has 0 radical (unpaired) electrons. The van der Waals surface area contributed by atoms with E-state index in [4.69, 9.17) is 16.7 Å². The van der Waals surface area contributed by atoms with E-state index < -0.39 is 0 Å². The summed E-state index contributed by atoms with van der Waals surface area (Å²) in [6.07, 6.45) is 3.26. The van der Waals surface area contributed by atoms with Crippen molar-refractivity contribution in [3.8, 4) is 0 Å². The number of hydrogen-bond donors (Lipinski definition) is 1. The Morgan fingerprint density at radius 1 is 1.43 bits per heavy atom. The van der Waals surface area contributed by atoms with Gasteiger partial charge in [-0.2, -0.15) is 0 Å². The van der Waals surface area contributed by atoms with Crippen molar-refractivity contribution in [1.82, 2.24) is 14.6 Å². The maximum Gasteiger partial charge on any atom is 0.179 e. The summed E-state index contributed by atoms with van der Waals surface area (Å²) in [4.78, 5) is 0. The predicted octanol–water partition coefficient (Wildman–Crippen LogP) is 1.31. The smallest absolute Gasteiger partial charge is 0.179 e. The number of nitrogens with zero attached hydrogens (tertiary/aromatic N) is 3. The molecule has 5 heteroatoms. The molecule has 0 aliphatic carbocycles. The number of fused-ring (bicyclic) bond motifs is 1. The van der Waals surface area contributed by atoms with Gasteiger partial charge in [-0.25, -0.2) is 0 Å². The normalized spacial score (nSPS) is 11.0. The Hall–Kier alpha value is -1.13. The van der Waals surface area contributed by atoms with E-state index in [1.807, 2.05) is 16.7 Å². The molecule has 0 atom stereocenters. The van der Waals surface area contributed by atoms with Gasteiger partial charge in [-0.3, -0.25) is 4.40 Å². The molecule has 1 N–H and O–H groups in total. The number of hydrogen-bond acceptors (Lipinski definition) is 3. The van der Waals surface area contributed by atoms with Gasteiger partial charge in [0.05, 0.1) is 5.02 Å². The highest BCUT2D eigenvalue weighted by Crippen LogP contribution is 2.15. The summed E-state index contributed by atoms with van der Waals surface area (Å²) in [5, 5.41) is 17.3. The van der Waals surface area contributed by atoms with Crippen molar-refractivity contribution < 1.29 is 5.11 Å². The third kappa shape index (κ3) is 1.58. The minimum absolute atomic E-state index is 0.162. The molecule has 2 heterocycles. The lowest BCUT2D eigenvalue weighted by Gasteiger charge is -1.98. The van der Waals surface area contributed by atoms with Crippen LogP contribution in [0.15, 0.2) is 18.3 Å². The summed E-state index contributed by atoms with van der Waals surface area (Å²) in [6, 6.07) is 3.63. The summed E-state index contributed by atoms with van der Waals surface area (Å²) >= 11 is 5.93. The molecule has 0 saturated carbocycles. The fourth-order valence-electron chi connectivity index (χ4n) is 1.34. The molecule has 0 spiro atoms. The molecule has 0 aliphatic heterocycles. The number of pyridine rings is 1. The van der Waals surface area contributed by atoms with Crippen LogP contribution in [0.5, 0.6) is 0 Å². The molecule has 4 nitrogen and oxygen atoms in total. The molecule has 0 bridgehead atoms. The van der Waals surface area contributed by atoms with Gasteiger partial charge in [-0.15, -0.1) is 10.2 Å². The number of aryl methyl sites for hydroxylation is 1. The molecule has 0 saturated heterocycles. The maximum atomic E-state index is 8.71. The van der Waals surface area contributed by atoms with Crippen LogP contribution in [-0.4, -0.2) is 26.3 Å². The second kappa shape index (κ2) is 3.94. The maximum absolute atomic E-state index is 8.71. The summed E-state index contributed by atoms with van der Waals surface area (Å²) in [7, 11) is 0. The quantitative estimate of drug-likeness (QED) is 0.833. The van der Waals surface area contributed by atoms with Gasteiger partial charge in [0.25, 0.3) is 0 Å². The van der Waals surface area contributed by atoms with E-state index in [0.29, 0.717) is 23.5 Å².